The molecule has 0 saturated carbocycles. The number of rotatable bonds is 8. The van der Waals surface area contributed by atoms with Gasteiger partial charge in [-0.25, -0.2) is 9.97 Å². The zero-order valence-corrected chi connectivity index (χ0v) is 23.8. The summed E-state index contributed by atoms with van der Waals surface area (Å²) < 4.78 is 0. The lowest BCUT2D eigenvalue weighted by Crippen LogP contribution is -2.19. The second-order valence-corrected chi connectivity index (χ2v) is 10.0. The Bertz CT molecular complexity index is 1710. The van der Waals surface area contributed by atoms with E-state index in [4.69, 9.17) is 19.9 Å². The van der Waals surface area contributed by atoms with Gasteiger partial charge in [0.25, 0.3) is 0 Å². The maximum Gasteiger partial charge on any atom is 0.166 e. The average molecular weight is 569 g/mol. The van der Waals surface area contributed by atoms with E-state index in [1.807, 2.05) is 109 Å². The molecule has 3 aromatic heterocycles. The Morgan fingerprint density at radius 2 is 0.614 bits per heavy atom. The maximum absolute atomic E-state index is 5.46. The van der Waals surface area contributed by atoms with Gasteiger partial charge in [-0.15, -0.1) is 0 Å². The minimum absolute atomic E-state index is 0.643. The molecule has 210 valence electrons. The van der Waals surface area contributed by atoms with Crippen LogP contribution < -0.4 is 9.80 Å². The first-order valence-electron chi connectivity index (χ1n) is 14.4. The molecule has 7 rings (SSSR count). The van der Waals surface area contributed by atoms with Crippen LogP contribution in [-0.4, -0.2) is 19.9 Å². The summed E-state index contributed by atoms with van der Waals surface area (Å²) in [5, 5.41) is 0. The summed E-state index contributed by atoms with van der Waals surface area (Å²) in [7, 11) is 0. The fraction of sp³-hybridized carbons (Fsp3) is 0. The predicted octanol–water partition coefficient (Wildman–Crippen LogP) is 9.54. The molecule has 6 nitrogen and oxygen atoms in total. The van der Waals surface area contributed by atoms with Gasteiger partial charge in [0.2, 0.25) is 0 Å². The topological polar surface area (TPSA) is 58.0 Å². The molecule has 0 aliphatic rings. The number of aromatic nitrogens is 4. The number of anilines is 6. The number of benzene rings is 4. The summed E-state index contributed by atoms with van der Waals surface area (Å²) in [6, 6.07) is 52.6. The molecule has 0 fully saturated rings. The van der Waals surface area contributed by atoms with Crippen molar-refractivity contribution in [3.05, 3.63) is 170 Å². The molecule has 6 heteroatoms. The summed E-state index contributed by atoms with van der Waals surface area (Å²) in [5.74, 6) is 1.29. The highest BCUT2D eigenvalue weighted by atomic mass is 15.3. The van der Waals surface area contributed by atoms with E-state index >= 15 is 0 Å². The van der Waals surface area contributed by atoms with Crippen molar-refractivity contribution < 1.29 is 0 Å². The van der Waals surface area contributed by atoms with E-state index in [0.29, 0.717) is 34.4 Å². The summed E-state index contributed by atoms with van der Waals surface area (Å²) in [6.45, 7) is 0. The Balaban J connectivity index is 1.59. The van der Waals surface area contributed by atoms with E-state index in [9.17, 15) is 0 Å². The molecule has 3 heterocycles. The van der Waals surface area contributed by atoms with Crippen molar-refractivity contribution in [1.82, 2.24) is 19.9 Å². The van der Waals surface area contributed by atoms with Gasteiger partial charge in [-0.2, -0.15) is 0 Å². The molecule has 0 amide bonds. The van der Waals surface area contributed by atoms with E-state index in [2.05, 4.69) is 58.3 Å². The summed E-state index contributed by atoms with van der Waals surface area (Å²) in [5.41, 5.74) is 6.51. The molecular weight excluding hydrogens is 540 g/mol. The molecule has 44 heavy (non-hydrogen) atoms. The van der Waals surface area contributed by atoms with E-state index in [-0.39, 0.29) is 0 Å². The molecular formula is C38H28N6. The molecule has 0 aliphatic heterocycles. The minimum atomic E-state index is 0.643. The smallest absolute Gasteiger partial charge is 0.166 e. The van der Waals surface area contributed by atoms with E-state index in [1.165, 1.54) is 0 Å². The number of hydrogen-bond donors (Lipinski definition) is 0. The van der Waals surface area contributed by atoms with Crippen LogP contribution in [0.15, 0.2) is 170 Å². The third kappa shape index (κ3) is 5.40. The van der Waals surface area contributed by atoms with Crippen molar-refractivity contribution in [1.29, 1.82) is 0 Å². The van der Waals surface area contributed by atoms with Crippen LogP contribution in [0.4, 0.5) is 34.4 Å². The molecule has 0 atom stereocenters. The average Bonchev–Trinajstić information content (AvgIpc) is 3.11. The third-order valence-corrected chi connectivity index (χ3v) is 7.16. The number of hydrogen-bond acceptors (Lipinski definition) is 6. The van der Waals surface area contributed by atoms with Crippen LogP contribution in [0.1, 0.15) is 0 Å². The van der Waals surface area contributed by atoms with Crippen molar-refractivity contribution in [3.63, 3.8) is 0 Å². The number of nitrogens with zero attached hydrogens (tertiary/aromatic N) is 6. The fourth-order valence-corrected chi connectivity index (χ4v) is 5.17. The van der Waals surface area contributed by atoms with Gasteiger partial charge >= 0.3 is 0 Å². The first-order valence-corrected chi connectivity index (χ1v) is 14.4. The van der Waals surface area contributed by atoms with Crippen molar-refractivity contribution in [3.8, 4) is 22.8 Å². The van der Waals surface area contributed by atoms with E-state index in [1.54, 1.807) is 12.4 Å². The Labute approximate surface area is 256 Å². The first kappa shape index (κ1) is 26.7. The van der Waals surface area contributed by atoms with E-state index in [0.717, 1.165) is 22.7 Å². The fourth-order valence-electron chi connectivity index (χ4n) is 5.17. The van der Waals surface area contributed by atoms with Crippen LogP contribution in [0, 0.1) is 0 Å². The summed E-state index contributed by atoms with van der Waals surface area (Å²) >= 11 is 0. The predicted molar refractivity (Wildman–Crippen MR) is 178 cm³/mol. The summed E-state index contributed by atoms with van der Waals surface area (Å²) in [4.78, 5) is 24.7. The van der Waals surface area contributed by atoms with Gasteiger partial charge in [0.05, 0.1) is 11.4 Å². The Hall–Kier alpha value is -6.14. The molecule has 0 aliphatic carbocycles. The Morgan fingerprint density at radius 3 is 0.886 bits per heavy atom. The molecule has 4 aromatic carbocycles. The van der Waals surface area contributed by atoms with Crippen LogP contribution in [0.5, 0.6) is 0 Å². The second-order valence-electron chi connectivity index (χ2n) is 10.0. The van der Waals surface area contributed by atoms with Crippen molar-refractivity contribution >= 4 is 34.4 Å². The molecule has 7 aromatic rings. The second kappa shape index (κ2) is 12.4. The number of para-hydroxylation sites is 4. The highest BCUT2D eigenvalue weighted by Crippen LogP contribution is 2.44. The molecule has 0 radical (unpaired) electrons. The number of pyridine rings is 2. The lowest BCUT2D eigenvalue weighted by molar-refractivity contribution is 1.08. The van der Waals surface area contributed by atoms with Gasteiger partial charge in [-0.1, -0.05) is 84.9 Å². The molecule has 0 N–H and O–H groups in total. The van der Waals surface area contributed by atoms with Gasteiger partial charge < -0.3 is 0 Å². The van der Waals surface area contributed by atoms with Gasteiger partial charge in [0, 0.05) is 35.1 Å². The lowest BCUT2D eigenvalue weighted by atomic mass is 10.1. The van der Waals surface area contributed by atoms with Crippen molar-refractivity contribution in [2.24, 2.45) is 0 Å². The monoisotopic (exact) mass is 568 g/mol. The quantitative estimate of drug-likeness (QED) is 0.182. The SMILES string of the molecule is c1ccc(N(c2ccccc2)c2nc(-c3ccccn3)c(N(c3ccccc3)c3ccccc3)nc2-c2ccccn2)cc1. The highest BCUT2D eigenvalue weighted by molar-refractivity contribution is 5.89. The van der Waals surface area contributed by atoms with E-state index < -0.39 is 0 Å². The zero-order chi connectivity index (χ0) is 29.6. The molecule has 0 saturated heterocycles. The van der Waals surface area contributed by atoms with Gasteiger partial charge in [0.1, 0.15) is 11.4 Å². The highest BCUT2D eigenvalue weighted by Gasteiger charge is 2.28. The molecule has 0 unspecified atom stereocenters. The lowest BCUT2D eigenvalue weighted by Gasteiger charge is -2.30. The Kier molecular flexibility index (Phi) is 7.53. The van der Waals surface area contributed by atoms with Crippen molar-refractivity contribution in [2.45, 2.75) is 0 Å². The largest absolute Gasteiger partial charge is 0.293 e. The van der Waals surface area contributed by atoms with Crippen molar-refractivity contribution in [2.75, 3.05) is 9.80 Å². The molecule has 0 spiro atoms. The standard InChI is InChI=1S/C38H28N6/c1-5-17-29(18-6-1)43(30-19-7-2-8-20-30)37-35(33-25-13-15-27-39-33)42-38(36(41-37)34-26-14-16-28-40-34)44(31-21-9-3-10-22-31)32-23-11-4-12-24-32/h1-28H. The normalized spacial score (nSPS) is 10.7. The minimum Gasteiger partial charge on any atom is -0.293 e. The van der Waals surface area contributed by atoms with Crippen LogP contribution in [0.2, 0.25) is 0 Å². The van der Waals surface area contributed by atoms with Crippen LogP contribution in [0.25, 0.3) is 22.8 Å². The Morgan fingerprint density at radius 1 is 0.318 bits per heavy atom. The zero-order valence-electron chi connectivity index (χ0n) is 23.8. The van der Waals surface area contributed by atoms with Crippen LogP contribution in [0.3, 0.4) is 0 Å². The molecule has 0 bridgehead atoms. The van der Waals surface area contributed by atoms with Crippen LogP contribution in [-0.2, 0) is 0 Å². The first-order chi connectivity index (χ1) is 21.9. The van der Waals surface area contributed by atoms with Gasteiger partial charge in [0.15, 0.2) is 11.6 Å². The maximum atomic E-state index is 5.46. The van der Waals surface area contributed by atoms with Crippen LogP contribution >= 0.6 is 0 Å². The van der Waals surface area contributed by atoms with Gasteiger partial charge in [-0.3, -0.25) is 19.8 Å². The van der Waals surface area contributed by atoms with Gasteiger partial charge in [-0.05, 0) is 72.8 Å². The summed E-state index contributed by atoms with van der Waals surface area (Å²) in [6.07, 6.45) is 3.57. The third-order valence-electron chi connectivity index (χ3n) is 7.16.